The minimum Gasteiger partial charge on any atom is -0.445 e. The van der Waals surface area contributed by atoms with E-state index in [9.17, 15) is 19.5 Å². The van der Waals surface area contributed by atoms with E-state index in [0.29, 0.717) is 17.1 Å². The largest absolute Gasteiger partial charge is 0.445 e. The Hall–Kier alpha value is -3.53. The highest BCUT2D eigenvalue weighted by molar-refractivity contribution is 8.00. The summed E-state index contributed by atoms with van der Waals surface area (Å²) in [7, 11) is 0. The molecule has 222 valence electrons. The van der Waals surface area contributed by atoms with Gasteiger partial charge in [-0.2, -0.15) is 0 Å². The maximum Gasteiger partial charge on any atom is 0.407 e. The molecule has 0 bridgehead atoms. The molecule has 8 nitrogen and oxygen atoms in total. The normalized spacial score (nSPS) is 17.3. The Morgan fingerprint density at radius 2 is 1.67 bits per heavy atom. The molecule has 0 saturated carbocycles. The molecule has 3 N–H and O–H groups in total. The van der Waals surface area contributed by atoms with E-state index >= 15 is 0 Å². The maximum absolute atomic E-state index is 13.8. The summed E-state index contributed by atoms with van der Waals surface area (Å²) in [5.41, 5.74) is 3.47. The van der Waals surface area contributed by atoms with Gasteiger partial charge >= 0.3 is 6.09 Å². The number of ether oxygens (including phenoxy) is 1. The number of rotatable bonds is 10. The van der Waals surface area contributed by atoms with E-state index in [4.69, 9.17) is 16.3 Å². The zero-order chi connectivity index (χ0) is 30.3. The fourth-order valence-corrected chi connectivity index (χ4v) is 6.23. The molecule has 3 aromatic carbocycles. The lowest BCUT2D eigenvalue weighted by molar-refractivity contribution is -0.147. The molecule has 3 atom stereocenters. The summed E-state index contributed by atoms with van der Waals surface area (Å²) >= 11 is 7.64. The van der Waals surface area contributed by atoms with E-state index in [-0.39, 0.29) is 24.8 Å². The zero-order valence-electron chi connectivity index (χ0n) is 23.9. The number of benzene rings is 3. The molecule has 0 aromatic heterocycles. The van der Waals surface area contributed by atoms with E-state index < -0.39 is 34.9 Å². The number of amides is 3. The number of carbonyl (C=O) groups is 3. The van der Waals surface area contributed by atoms with Gasteiger partial charge in [-0.15, -0.1) is 11.8 Å². The zero-order valence-corrected chi connectivity index (χ0v) is 25.5. The van der Waals surface area contributed by atoms with Crippen molar-refractivity contribution in [1.29, 1.82) is 0 Å². The van der Waals surface area contributed by atoms with Gasteiger partial charge in [0.1, 0.15) is 12.6 Å². The van der Waals surface area contributed by atoms with Gasteiger partial charge in [-0.3, -0.25) is 9.59 Å². The topological polar surface area (TPSA) is 108 Å². The lowest BCUT2D eigenvalue weighted by Gasteiger charge is -2.33. The Morgan fingerprint density at radius 3 is 2.36 bits per heavy atom. The first-order chi connectivity index (χ1) is 20.1. The van der Waals surface area contributed by atoms with Crippen LogP contribution in [0.3, 0.4) is 0 Å². The quantitative estimate of drug-likeness (QED) is 0.304. The number of thioether (sulfide) groups is 1. The highest BCUT2D eigenvalue weighted by Gasteiger charge is 2.49. The van der Waals surface area contributed by atoms with Crippen LogP contribution < -0.4 is 10.6 Å². The Morgan fingerprint density at radius 1 is 1.02 bits per heavy atom. The van der Waals surface area contributed by atoms with Gasteiger partial charge in [0.25, 0.3) is 5.91 Å². The summed E-state index contributed by atoms with van der Waals surface area (Å²) in [5, 5.41) is 17.5. The Bertz CT molecular complexity index is 1400. The van der Waals surface area contributed by atoms with Crippen molar-refractivity contribution in [1.82, 2.24) is 15.5 Å². The molecule has 42 heavy (non-hydrogen) atoms. The minimum atomic E-state index is -1.63. The Balaban J connectivity index is 1.48. The van der Waals surface area contributed by atoms with Crippen LogP contribution in [0, 0.1) is 6.92 Å². The first-order valence-electron chi connectivity index (χ1n) is 13.7. The predicted molar refractivity (Wildman–Crippen MR) is 165 cm³/mol. The van der Waals surface area contributed by atoms with E-state index in [1.807, 2.05) is 75.4 Å². The van der Waals surface area contributed by atoms with Crippen molar-refractivity contribution >= 4 is 41.3 Å². The molecule has 1 saturated heterocycles. The number of hydrogen-bond acceptors (Lipinski definition) is 6. The van der Waals surface area contributed by atoms with Crippen molar-refractivity contribution < 1.29 is 24.2 Å². The van der Waals surface area contributed by atoms with Crippen LogP contribution in [-0.4, -0.2) is 56.7 Å². The number of nitrogens with one attached hydrogen (secondary N) is 2. The summed E-state index contributed by atoms with van der Waals surface area (Å²) in [6.45, 7) is 6.03. The molecule has 0 aliphatic carbocycles. The number of alkyl carbamates (subject to hydrolysis) is 1. The van der Waals surface area contributed by atoms with Gasteiger partial charge < -0.3 is 25.4 Å². The van der Waals surface area contributed by atoms with Crippen LogP contribution >= 0.6 is 23.4 Å². The summed E-state index contributed by atoms with van der Waals surface area (Å²) in [4.78, 5) is 41.5. The van der Waals surface area contributed by atoms with Gasteiger partial charge in [-0.1, -0.05) is 84.4 Å². The van der Waals surface area contributed by atoms with Crippen LogP contribution in [0.1, 0.15) is 36.1 Å². The second kappa shape index (κ2) is 14.1. The van der Waals surface area contributed by atoms with E-state index in [1.54, 1.807) is 24.3 Å². The molecule has 0 unspecified atom stereocenters. The number of carbonyl (C=O) groups excluding carboxylic acids is 3. The molecular weight excluding hydrogens is 574 g/mol. The Kier molecular flexibility index (Phi) is 10.5. The van der Waals surface area contributed by atoms with Gasteiger partial charge in [-0.25, -0.2) is 4.79 Å². The van der Waals surface area contributed by atoms with Crippen molar-refractivity contribution in [3.8, 4) is 0 Å². The fraction of sp³-hybridized carbons (Fsp3) is 0.344. The van der Waals surface area contributed by atoms with Crippen molar-refractivity contribution in [2.75, 3.05) is 5.88 Å². The van der Waals surface area contributed by atoms with Gasteiger partial charge in [-0.05, 0) is 49.9 Å². The summed E-state index contributed by atoms with van der Waals surface area (Å²) in [6, 6.07) is 22.2. The molecule has 0 spiro atoms. The number of aryl methyl sites for hydroxylation is 1. The van der Waals surface area contributed by atoms with Crippen LogP contribution in [0.25, 0.3) is 0 Å². The third-order valence-corrected chi connectivity index (χ3v) is 9.09. The van der Waals surface area contributed by atoms with Crippen molar-refractivity contribution in [3.05, 3.63) is 106 Å². The average Bonchev–Trinajstić information content (AvgIpc) is 3.30. The van der Waals surface area contributed by atoms with Crippen LogP contribution in [0.2, 0.25) is 5.02 Å². The first-order valence-corrected chi connectivity index (χ1v) is 15.1. The van der Waals surface area contributed by atoms with Crippen molar-refractivity contribution in [2.24, 2.45) is 0 Å². The Labute approximate surface area is 255 Å². The van der Waals surface area contributed by atoms with Crippen molar-refractivity contribution in [3.63, 3.8) is 0 Å². The number of nitrogens with zero attached hydrogens (tertiary/aromatic N) is 1. The van der Waals surface area contributed by atoms with E-state index in [1.165, 1.54) is 16.7 Å². The molecule has 1 fully saturated rings. The molecule has 10 heteroatoms. The fourth-order valence-electron chi connectivity index (χ4n) is 4.90. The predicted octanol–water partition coefficient (Wildman–Crippen LogP) is 4.84. The van der Waals surface area contributed by atoms with Gasteiger partial charge in [0.15, 0.2) is 6.10 Å². The molecule has 4 rings (SSSR count). The minimum absolute atomic E-state index is 0.0757. The van der Waals surface area contributed by atoms with Crippen LogP contribution in [0.15, 0.2) is 78.9 Å². The average molecular weight is 610 g/mol. The number of hydrogen-bond donors (Lipinski definition) is 3. The maximum atomic E-state index is 13.8. The second-order valence-electron chi connectivity index (χ2n) is 10.8. The molecule has 1 aliphatic rings. The summed E-state index contributed by atoms with van der Waals surface area (Å²) in [6.07, 6.45) is -2.26. The van der Waals surface area contributed by atoms with Gasteiger partial charge in [0.2, 0.25) is 5.91 Å². The van der Waals surface area contributed by atoms with Gasteiger partial charge in [0.05, 0.1) is 11.9 Å². The molecule has 1 heterocycles. The lowest BCUT2D eigenvalue weighted by Crippen LogP contribution is -2.58. The van der Waals surface area contributed by atoms with E-state index in [0.717, 1.165) is 16.7 Å². The molecule has 1 aliphatic heterocycles. The molecule has 3 aromatic rings. The van der Waals surface area contributed by atoms with E-state index in [2.05, 4.69) is 10.6 Å². The van der Waals surface area contributed by atoms with Crippen LogP contribution in [-0.2, 0) is 33.9 Å². The van der Waals surface area contributed by atoms with Crippen LogP contribution in [0.5, 0.6) is 0 Å². The number of aliphatic hydroxyl groups excluding tert-OH is 1. The van der Waals surface area contributed by atoms with Gasteiger partial charge in [0, 0.05) is 21.9 Å². The van der Waals surface area contributed by atoms with Crippen LogP contribution in [0.4, 0.5) is 4.79 Å². The summed E-state index contributed by atoms with van der Waals surface area (Å²) in [5.74, 6) is -0.725. The smallest absolute Gasteiger partial charge is 0.407 e. The molecule has 0 radical (unpaired) electrons. The highest BCUT2D eigenvalue weighted by atomic mass is 35.5. The number of aliphatic hydroxyl groups is 1. The molecular formula is C32H36ClN3O5S. The molecule has 3 amide bonds. The third-order valence-electron chi connectivity index (χ3n) is 7.34. The SMILES string of the molecule is Cc1ccccc1CNC(=O)[C@H]1N(C(=O)[C@@H](O)[C@H](Cc2ccccc2)NC(=O)OCc2ccccc2Cl)CSC1(C)C. The highest BCUT2D eigenvalue weighted by Crippen LogP contribution is 2.40. The monoisotopic (exact) mass is 609 g/mol. The van der Waals surface area contributed by atoms with Crippen molar-refractivity contribution in [2.45, 2.75) is 63.3 Å². The second-order valence-corrected chi connectivity index (χ2v) is 12.8. The number of halogens is 1. The standard InChI is InChI=1S/C32H36ClN3O5S/c1-21-11-7-8-14-23(21)18-34-29(38)28-32(2,3)42-20-36(28)30(39)27(37)26(17-22-12-5-4-6-13-22)35-31(40)41-19-24-15-9-10-16-25(24)33/h4-16,26-28,37H,17-20H2,1-3H3,(H,34,38)(H,35,40)/t26-,27-,28+/m0/s1. The lowest BCUT2D eigenvalue weighted by atomic mass is 9.97. The first kappa shape index (κ1) is 31.4. The summed E-state index contributed by atoms with van der Waals surface area (Å²) < 4.78 is 4.77. The third kappa shape index (κ3) is 7.85.